The summed E-state index contributed by atoms with van der Waals surface area (Å²) in [5.74, 6) is 1.27. The molecule has 0 atom stereocenters. The summed E-state index contributed by atoms with van der Waals surface area (Å²) in [4.78, 5) is 0. The fraction of sp³-hybridized carbons (Fsp3) is 0.250. The smallest absolute Gasteiger partial charge is 0.127 e. The second-order valence-electron chi connectivity index (χ2n) is 4.29. The first kappa shape index (κ1) is 14.7. The summed E-state index contributed by atoms with van der Waals surface area (Å²) in [6.07, 6.45) is 0.724. The molecule has 0 aliphatic carbocycles. The molecular formula is C16H16ClFO2. The number of hydrogen-bond acceptors (Lipinski definition) is 2. The summed E-state index contributed by atoms with van der Waals surface area (Å²) in [5, 5.41) is 0. The lowest BCUT2D eigenvalue weighted by Crippen LogP contribution is -2.05. The molecule has 0 saturated carbocycles. The quantitative estimate of drug-likeness (QED) is 0.556. The fourth-order valence-electron chi connectivity index (χ4n) is 1.74. The van der Waals surface area contributed by atoms with Crippen molar-refractivity contribution < 1.29 is 13.9 Å². The van der Waals surface area contributed by atoms with E-state index in [4.69, 9.17) is 21.1 Å². The predicted molar refractivity (Wildman–Crippen MR) is 78.0 cm³/mol. The highest BCUT2D eigenvalue weighted by atomic mass is 35.5. The molecule has 0 aliphatic heterocycles. The van der Waals surface area contributed by atoms with Crippen LogP contribution in [0.2, 0.25) is 0 Å². The normalized spacial score (nSPS) is 10.3. The van der Waals surface area contributed by atoms with Gasteiger partial charge in [-0.15, -0.1) is 11.6 Å². The molecule has 0 radical (unpaired) electrons. The third-order valence-corrected chi connectivity index (χ3v) is 2.96. The first-order chi connectivity index (χ1) is 9.78. The molecule has 0 aliphatic rings. The second kappa shape index (κ2) is 7.75. The van der Waals surface area contributed by atoms with Crippen LogP contribution in [0.5, 0.6) is 11.5 Å². The molecular weight excluding hydrogens is 279 g/mol. The zero-order valence-electron chi connectivity index (χ0n) is 11.0. The average Bonchev–Trinajstić information content (AvgIpc) is 2.47. The highest BCUT2D eigenvalue weighted by Gasteiger charge is 2.01. The minimum absolute atomic E-state index is 0.269. The van der Waals surface area contributed by atoms with Gasteiger partial charge in [0.05, 0.1) is 13.2 Å². The maximum Gasteiger partial charge on any atom is 0.127 e. The van der Waals surface area contributed by atoms with Crippen LogP contribution in [-0.2, 0) is 5.88 Å². The molecule has 0 spiro atoms. The van der Waals surface area contributed by atoms with Gasteiger partial charge in [0.15, 0.2) is 0 Å². The van der Waals surface area contributed by atoms with Gasteiger partial charge in [0, 0.05) is 18.4 Å². The maximum atomic E-state index is 13.2. The average molecular weight is 295 g/mol. The molecule has 2 nitrogen and oxygen atoms in total. The molecule has 2 rings (SSSR count). The molecule has 2 aromatic carbocycles. The molecule has 0 saturated heterocycles. The monoisotopic (exact) mass is 294 g/mol. The van der Waals surface area contributed by atoms with Gasteiger partial charge < -0.3 is 9.47 Å². The molecule has 0 aromatic heterocycles. The van der Waals surface area contributed by atoms with Gasteiger partial charge in [0.1, 0.15) is 17.3 Å². The van der Waals surface area contributed by atoms with Crippen LogP contribution in [0.4, 0.5) is 4.39 Å². The lowest BCUT2D eigenvalue weighted by atomic mass is 10.2. The van der Waals surface area contributed by atoms with Crippen molar-refractivity contribution in [3.05, 3.63) is 59.9 Å². The Morgan fingerprint density at radius 1 is 0.900 bits per heavy atom. The number of hydrogen-bond donors (Lipinski definition) is 0. The zero-order valence-corrected chi connectivity index (χ0v) is 11.8. The van der Waals surface area contributed by atoms with Gasteiger partial charge in [-0.2, -0.15) is 0 Å². The SMILES string of the molecule is Fc1cc(CCl)cc(OCCCOc2ccccc2)c1. The third-order valence-electron chi connectivity index (χ3n) is 2.65. The van der Waals surface area contributed by atoms with Crippen LogP contribution >= 0.6 is 11.6 Å². The summed E-state index contributed by atoms with van der Waals surface area (Å²) in [7, 11) is 0. The Morgan fingerprint density at radius 3 is 2.30 bits per heavy atom. The summed E-state index contributed by atoms with van der Waals surface area (Å²) < 4.78 is 24.3. The van der Waals surface area contributed by atoms with E-state index in [2.05, 4.69) is 0 Å². The van der Waals surface area contributed by atoms with E-state index in [0.717, 1.165) is 12.2 Å². The van der Waals surface area contributed by atoms with Crippen molar-refractivity contribution in [3.63, 3.8) is 0 Å². The maximum absolute atomic E-state index is 13.2. The van der Waals surface area contributed by atoms with Gasteiger partial charge >= 0.3 is 0 Å². The van der Waals surface area contributed by atoms with Crippen LogP contribution in [0.25, 0.3) is 0 Å². The Labute approximate surface area is 123 Å². The van der Waals surface area contributed by atoms with Gasteiger partial charge in [0.25, 0.3) is 0 Å². The van der Waals surface area contributed by atoms with Crippen LogP contribution < -0.4 is 9.47 Å². The van der Waals surface area contributed by atoms with Gasteiger partial charge in [-0.05, 0) is 29.8 Å². The molecule has 106 valence electrons. The molecule has 20 heavy (non-hydrogen) atoms. The molecule has 4 heteroatoms. The van der Waals surface area contributed by atoms with E-state index in [0.29, 0.717) is 24.5 Å². The summed E-state index contributed by atoms with van der Waals surface area (Å²) in [6.45, 7) is 1.03. The zero-order chi connectivity index (χ0) is 14.2. The van der Waals surface area contributed by atoms with E-state index in [9.17, 15) is 4.39 Å². The van der Waals surface area contributed by atoms with Gasteiger partial charge in [0.2, 0.25) is 0 Å². The van der Waals surface area contributed by atoms with Crippen LogP contribution in [0.1, 0.15) is 12.0 Å². The second-order valence-corrected chi connectivity index (χ2v) is 4.56. The summed E-state index contributed by atoms with van der Waals surface area (Å²) in [5.41, 5.74) is 0.710. The molecule has 0 heterocycles. The van der Waals surface area contributed by atoms with Crippen molar-refractivity contribution in [2.24, 2.45) is 0 Å². The van der Waals surface area contributed by atoms with Crippen LogP contribution in [0.15, 0.2) is 48.5 Å². The number of para-hydroxylation sites is 1. The van der Waals surface area contributed by atoms with Gasteiger partial charge in [-0.3, -0.25) is 0 Å². The Hall–Kier alpha value is -1.74. The van der Waals surface area contributed by atoms with E-state index >= 15 is 0 Å². The first-order valence-corrected chi connectivity index (χ1v) is 6.97. The van der Waals surface area contributed by atoms with Crippen LogP contribution in [-0.4, -0.2) is 13.2 Å². The number of halogens is 2. The summed E-state index contributed by atoms with van der Waals surface area (Å²) in [6, 6.07) is 14.1. The largest absolute Gasteiger partial charge is 0.493 e. The molecule has 2 aromatic rings. The Morgan fingerprint density at radius 2 is 1.60 bits per heavy atom. The topological polar surface area (TPSA) is 18.5 Å². The first-order valence-electron chi connectivity index (χ1n) is 6.44. The van der Waals surface area contributed by atoms with Crippen molar-refractivity contribution in [1.29, 1.82) is 0 Å². The molecule has 0 N–H and O–H groups in total. The van der Waals surface area contributed by atoms with Crippen molar-refractivity contribution >= 4 is 11.6 Å². The minimum atomic E-state index is -0.335. The molecule has 0 bridgehead atoms. The minimum Gasteiger partial charge on any atom is -0.493 e. The Balaban J connectivity index is 1.72. The molecule has 0 fully saturated rings. The molecule has 0 amide bonds. The van der Waals surface area contributed by atoms with E-state index in [1.165, 1.54) is 12.1 Å². The standard InChI is InChI=1S/C16H16ClFO2/c17-12-13-9-14(18)11-16(10-13)20-8-4-7-19-15-5-2-1-3-6-15/h1-3,5-6,9-11H,4,7-8,12H2. The van der Waals surface area contributed by atoms with Gasteiger partial charge in [-0.1, -0.05) is 18.2 Å². The van der Waals surface area contributed by atoms with Crippen LogP contribution in [0.3, 0.4) is 0 Å². The predicted octanol–water partition coefficient (Wildman–Crippen LogP) is 4.41. The van der Waals surface area contributed by atoms with Gasteiger partial charge in [-0.25, -0.2) is 4.39 Å². The van der Waals surface area contributed by atoms with Crippen molar-refractivity contribution in [3.8, 4) is 11.5 Å². The molecule has 0 unspecified atom stereocenters. The lowest BCUT2D eigenvalue weighted by Gasteiger charge is -2.09. The third kappa shape index (κ3) is 4.74. The fourth-order valence-corrected chi connectivity index (χ4v) is 1.89. The Kier molecular flexibility index (Phi) is 5.69. The number of alkyl halides is 1. The number of benzene rings is 2. The number of rotatable bonds is 7. The van der Waals surface area contributed by atoms with Crippen molar-refractivity contribution in [1.82, 2.24) is 0 Å². The van der Waals surface area contributed by atoms with E-state index < -0.39 is 0 Å². The highest BCUT2D eigenvalue weighted by molar-refractivity contribution is 6.17. The number of ether oxygens (including phenoxy) is 2. The Bertz CT molecular complexity index is 531. The summed E-state index contributed by atoms with van der Waals surface area (Å²) >= 11 is 5.68. The van der Waals surface area contributed by atoms with Crippen LogP contribution in [0, 0.1) is 5.82 Å². The van der Waals surface area contributed by atoms with E-state index in [-0.39, 0.29) is 11.7 Å². The van der Waals surface area contributed by atoms with Crippen molar-refractivity contribution in [2.45, 2.75) is 12.3 Å². The van der Waals surface area contributed by atoms with Crippen molar-refractivity contribution in [2.75, 3.05) is 13.2 Å². The van der Waals surface area contributed by atoms with E-state index in [1.807, 2.05) is 30.3 Å². The van der Waals surface area contributed by atoms with E-state index in [1.54, 1.807) is 6.07 Å². The highest BCUT2D eigenvalue weighted by Crippen LogP contribution is 2.18. The lowest BCUT2D eigenvalue weighted by molar-refractivity contribution is 0.247.